The number of nitrogens with zero attached hydrogens (tertiary/aromatic N) is 1. The molecular formula is C18H22F3N3O4. The molecule has 4 rings (SSSR count). The average molecular weight is 401 g/mol. The third-order valence-electron chi connectivity index (χ3n) is 5.53. The highest BCUT2D eigenvalue weighted by molar-refractivity contribution is 5.94. The molecule has 2 atom stereocenters. The third kappa shape index (κ3) is 4.66. The van der Waals surface area contributed by atoms with Crippen LogP contribution < -0.4 is 5.32 Å². The molecule has 154 valence electrons. The van der Waals surface area contributed by atoms with Crippen LogP contribution in [0.25, 0.3) is 0 Å². The van der Waals surface area contributed by atoms with Crippen molar-refractivity contribution in [1.29, 1.82) is 0 Å². The molecule has 3 N–H and O–H groups in total. The molecule has 3 aliphatic rings. The summed E-state index contributed by atoms with van der Waals surface area (Å²) in [6.07, 6.45) is 2.85. The van der Waals surface area contributed by atoms with Gasteiger partial charge >= 0.3 is 12.1 Å². The summed E-state index contributed by atoms with van der Waals surface area (Å²) in [6.45, 7) is 2.35. The maximum absolute atomic E-state index is 12.3. The van der Waals surface area contributed by atoms with E-state index in [9.17, 15) is 22.8 Å². The fourth-order valence-corrected chi connectivity index (χ4v) is 3.57. The quantitative estimate of drug-likeness (QED) is 0.718. The molecule has 2 unspecified atom stereocenters. The minimum atomic E-state index is -5.08. The lowest BCUT2D eigenvalue weighted by Crippen LogP contribution is -2.31. The predicted octanol–water partition coefficient (Wildman–Crippen LogP) is 2.03. The van der Waals surface area contributed by atoms with Crippen molar-refractivity contribution in [1.82, 2.24) is 15.2 Å². The average Bonchev–Trinajstić information content (AvgIpc) is 3.45. The Balaban J connectivity index is 0.000000279. The molecule has 0 aromatic carbocycles. The van der Waals surface area contributed by atoms with Crippen LogP contribution in [0.3, 0.4) is 0 Å². The lowest BCUT2D eigenvalue weighted by atomic mass is 10.0. The van der Waals surface area contributed by atoms with E-state index in [2.05, 4.69) is 10.3 Å². The lowest BCUT2D eigenvalue weighted by molar-refractivity contribution is -0.192. The van der Waals surface area contributed by atoms with Gasteiger partial charge in [-0.3, -0.25) is 9.59 Å². The predicted molar refractivity (Wildman–Crippen MR) is 91.3 cm³/mol. The SMILES string of the molecule is O=C(NCC1CC1)C1CC12CCN(C(=O)c1cc[nH]c1)C2.O=C(O)C(F)(F)F. The molecule has 2 saturated carbocycles. The Bertz CT molecular complexity index is 746. The number of aromatic amines is 1. The van der Waals surface area contributed by atoms with E-state index in [0.29, 0.717) is 5.56 Å². The van der Waals surface area contributed by atoms with Crippen LogP contribution >= 0.6 is 0 Å². The number of halogens is 3. The van der Waals surface area contributed by atoms with Gasteiger partial charge < -0.3 is 20.3 Å². The molecule has 2 aliphatic carbocycles. The number of aliphatic carboxylic acids is 1. The number of nitrogens with one attached hydrogen (secondary N) is 2. The molecule has 2 heterocycles. The highest BCUT2D eigenvalue weighted by Gasteiger charge is 2.61. The number of carboxylic acids is 1. The van der Waals surface area contributed by atoms with Crippen LogP contribution in [0, 0.1) is 17.3 Å². The van der Waals surface area contributed by atoms with Crippen molar-refractivity contribution >= 4 is 17.8 Å². The molecule has 1 aromatic heterocycles. The lowest BCUT2D eigenvalue weighted by Gasteiger charge is -2.16. The Labute approximate surface area is 159 Å². The first kappa shape index (κ1) is 20.2. The summed E-state index contributed by atoms with van der Waals surface area (Å²) in [6, 6.07) is 1.81. The monoisotopic (exact) mass is 401 g/mol. The number of amides is 2. The molecule has 28 heavy (non-hydrogen) atoms. The molecular weight excluding hydrogens is 379 g/mol. The normalized spacial score (nSPS) is 25.8. The summed E-state index contributed by atoms with van der Waals surface area (Å²) in [4.78, 5) is 38.2. The van der Waals surface area contributed by atoms with Crippen LogP contribution in [0.2, 0.25) is 0 Å². The van der Waals surface area contributed by atoms with Gasteiger partial charge in [-0.1, -0.05) is 0 Å². The smallest absolute Gasteiger partial charge is 0.475 e. The van der Waals surface area contributed by atoms with Gasteiger partial charge in [-0.25, -0.2) is 4.79 Å². The van der Waals surface area contributed by atoms with Crippen molar-refractivity contribution < 1.29 is 32.7 Å². The highest BCUT2D eigenvalue weighted by atomic mass is 19.4. The number of hydrogen-bond donors (Lipinski definition) is 3. The number of alkyl halides is 3. The van der Waals surface area contributed by atoms with E-state index in [1.54, 1.807) is 18.5 Å². The second kappa shape index (κ2) is 7.48. The first-order chi connectivity index (χ1) is 13.1. The molecule has 1 spiro atoms. The van der Waals surface area contributed by atoms with Crippen molar-refractivity contribution in [2.45, 2.75) is 31.9 Å². The summed E-state index contributed by atoms with van der Waals surface area (Å²) >= 11 is 0. The second-order valence-electron chi connectivity index (χ2n) is 7.69. The van der Waals surface area contributed by atoms with Crippen LogP contribution in [-0.4, -0.2) is 58.6 Å². The number of H-pyrrole nitrogens is 1. The van der Waals surface area contributed by atoms with Gasteiger partial charge in [0, 0.05) is 43.4 Å². The standard InChI is InChI=1S/C16H21N3O2.C2HF3O2/c20-14(18-8-11-1-2-11)13-7-16(13)4-6-19(10-16)15(21)12-3-5-17-9-12;3-2(4,5)1(6)7/h3,5,9,11,13,17H,1-2,4,6-8,10H2,(H,18,20);(H,6,7). The Hall–Kier alpha value is -2.52. The topological polar surface area (TPSA) is 103 Å². The molecule has 10 heteroatoms. The number of aromatic nitrogens is 1. The minimum Gasteiger partial charge on any atom is -0.475 e. The number of carbonyl (C=O) groups excluding carboxylic acids is 2. The number of carboxylic acid groups (broad SMARTS) is 1. The fraction of sp³-hybridized carbons (Fsp3) is 0.611. The van der Waals surface area contributed by atoms with Crippen molar-refractivity contribution in [3.8, 4) is 0 Å². The van der Waals surface area contributed by atoms with E-state index in [1.165, 1.54) is 12.8 Å². The zero-order valence-corrected chi connectivity index (χ0v) is 15.1. The van der Waals surface area contributed by atoms with Gasteiger partial charge in [-0.15, -0.1) is 0 Å². The zero-order valence-electron chi connectivity index (χ0n) is 15.1. The molecule has 0 radical (unpaired) electrons. The Morgan fingerprint density at radius 2 is 2.00 bits per heavy atom. The van der Waals surface area contributed by atoms with Crippen molar-refractivity contribution in [2.75, 3.05) is 19.6 Å². The Morgan fingerprint density at radius 3 is 2.54 bits per heavy atom. The first-order valence-electron chi connectivity index (χ1n) is 9.12. The van der Waals surface area contributed by atoms with Gasteiger partial charge in [-0.05, 0) is 37.7 Å². The summed E-state index contributed by atoms with van der Waals surface area (Å²) < 4.78 is 31.7. The third-order valence-corrected chi connectivity index (χ3v) is 5.53. The Morgan fingerprint density at radius 1 is 1.32 bits per heavy atom. The van der Waals surface area contributed by atoms with E-state index >= 15 is 0 Å². The van der Waals surface area contributed by atoms with E-state index in [0.717, 1.165) is 38.4 Å². The van der Waals surface area contributed by atoms with Crippen LogP contribution in [0.4, 0.5) is 13.2 Å². The van der Waals surface area contributed by atoms with Gasteiger partial charge in [0.25, 0.3) is 5.91 Å². The summed E-state index contributed by atoms with van der Waals surface area (Å²) in [5.74, 6) is -1.62. The van der Waals surface area contributed by atoms with Gasteiger partial charge in [0.05, 0.1) is 5.56 Å². The second-order valence-corrected chi connectivity index (χ2v) is 7.69. The van der Waals surface area contributed by atoms with E-state index in [-0.39, 0.29) is 23.1 Å². The van der Waals surface area contributed by atoms with E-state index in [4.69, 9.17) is 9.90 Å². The van der Waals surface area contributed by atoms with Crippen LogP contribution in [0.1, 0.15) is 36.0 Å². The summed E-state index contributed by atoms with van der Waals surface area (Å²) in [7, 11) is 0. The van der Waals surface area contributed by atoms with Gasteiger partial charge in [0.15, 0.2) is 0 Å². The van der Waals surface area contributed by atoms with Gasteiger partial charge in [0.2, 0.25) is 5.91 Å². The molecule has 3 fully saturated rings. The highest BCUT2D eigenvalue weighted by Crippen LogP contribution is 2.58. The number of carbonyl (C=O) groups is 3. The van der Waals surface area contributed by atoms with Crippen LogP contribution in [-0.2, 0) is 9.59 Å². The molecule has 1 aliphatic heterocycles. The molecule has 2 amide bonds. The zero-order chi connectivity index (χ0) is 20.5. The van der Waals surface area contributed by atoms with Crippen LogP contribution in [0.5, 0.6) is 0 Å². The van der Waals surface area contributed by atoms with E-state index in [1.807, 2.05) is 4.90 Å². The fourth-order valence-electron chi connectivity index (χ4n) is 3.57. The van der Waals surface area contributed by atoms with Gasteiger partial charge in [-0.2, -0.15) is 13.2 Å². The summed E-state index contributed by atoms with van der Waals surface area (Å²) in [5.41, 5.74) is 0.780. The molecule has 1 saturated heterocycles. The largest absolute Gasteiger partial charge is 0.490 e. The number of hydrogen-bond acceptors (Lipinski definition) is 3. The molecule has 1 aromatic rings. The van der Waals surface area contributed by atoms with E-state index < -0.39 is 12.1 Å². The molecule has 0 bridgehead atoms. The van der Waals surface area contributed by atoms with Crippen molar-refractivity contribution in [3.05, 3.63) is 24.0 Å². The van der Waals surface area contributed by atoms with Crippen LogP contribution in [0.15, 0.2) is 18.5 Å². The maximum atomic E-state index is 12.3. The maximum Gasteiger partial charge on any atom is 0.490 e. The van der Waals surface area contributed by atoms with Crippen molar-refractivity contribution in [3.63, 3.8) is 0 Å². The minimum absolute atomic E-state index is 0.0690. The molecule has 7 nitrogen and oxygen atoms in total. The first-order valence-corrected chi connectivity index (χ1v) is 9.12. The Kier molecular flexibility index (Phi) is 5.40. The van der Waals surface area contributed by atoms with Crippen molar-refractivity contribution in [2.24, 2.45) is 17.3 Å². The summed E-state index contributed by atoms with van der Waals surface area (Å²) in [5, 5.41) is 10.2. The number of rotatable bonds is 4. The van der Waals surface area contributed by atoms with Gasteiger partial charge in [0.1, 0.15) is 0 Å². The number of likely N-dealkylation sites (tertiary alicyclic amines) is 1.